The number of nitrogens with one attached hydrogen (secondary N) is 1. The van der Waals surface area contributed by atoms with Crippen molar-refractivity contribution in [2.24, 2.45) is 0 Å². The molecule has 2 aliphatic rings. The largest absolute Gasteiger partial charge is 0.572 e. The third kappa shape index (κ3) is 5.66. The Morgan fingerprint density at radius 1 is 1.24 bits per heavy atom. The zero-order chi connectivity index (χ0) is 21.2. The Labute approximate surface area is 164 Å². The number of anilines is 1. The van der Waals surface area contributed by atoms with Gasteiger partial charge in [0.1, 0.15) is 12.0 Å². The van der Waals surface area contributed by atoms with E-state index in [9.17, 15) is 27.1 Å². The Bertz CT molecular complexity index is 800. The Morgan fingerprint density at radius 3 is 2.52 bits per heavy atom. The number of piperidine rings is 1. The second-order valence-electron chi connectivity index (χ2n) is 7.11. The fraction of sp³-hybridized carbons (Fsp3) is 0.526. The minimum Gasteiger partial charge on any atom is -0.407 e. The number of ether oxygens (including phenoxy) is 1. The van der Waals surface area contributed by atoms with Crippen molar-refractivity contribution in [2.75, 3.05) is 18.0 Å². The van der Waals surface area contributed by atoms with E-state index in [0.29, 0.717) is 42.9 Å². The van der Waals surface area contributed by atoms with Crippen LogP contribution in [-0.2, 0) is 4.74 Å². The van der Waals surface area contributed by atoms with Crippen LogP contribution in [-0.4, -0.2) is 41.8 Å². The van der Waals surface area contributed by atoms with Crippen molar-refractivity contribution in [1.29, 1.82) is 0 Å². The van der Waals surface area contributed by atoms with Gasteiger partial charge in [0.2, 0.25) is 0 Å². The molecule has 1 aliphatic heterocycles. The highest BCUT2D eigenvalue weighted by atomic mass is 19.4. The highest BCUT2D eigenvalue weighted by Gasteiger charge is 2.34. The molecule has 0 bridgehead atoms. The summed E-state index contributed by atoms with van der Waals surface area (Å²) in [5.41, 5.74) is 1.00. The predicted octanol–water partition coefficient (Wildman–Crippen LogP) is 4.01. The summed E-state index contributed by atoms with van der Waals surface area (Å²) < 4.78 is 69.0. The van der Waals surface area contributed by atoms with E-state index in [-0.39, 0.29) is 18.9 Å². The maximum absolute atomic E-state index is 14.3. The summed E-state index contributed by atoms with van der Waals surface area (Å²) >= 11 is 0. The number of aliphatic hydroxyl groups is 1. The zero-order valence-electron chi connectivity index (χ0n) is 15.8. The second-order valence-corrected chi connectivity index (χ2v) is 7.11. The number of halogens is 5. The zero-order valence-corrected chi connectivity index (χ0v) is 15.8. The van der Waals surface area contributed by atoms with E-state index in [1.54, 1.807) is 6.92 Å². The minimum atomic E-state index is -4.95. The average molecular weight is 419 g/mol. The minimum absolute atomic E-state index is 0.0945. The predicted molar refractivity (Wildman–Crippen MR) is 96.7 cm³/mol. The lowest BCUT2D eigenvalue weighted by atomic mass is 9.98. The van der Waals surface area contributed by atoms with Gasteiger partial charge in [0.25, 0.3) is 0 Å². The first kappa shape index (κ1) is 21.5. The van der Waals surface area contributed by atoms with Crippen molar-refractivity contribution >= 4 is 11.3 Å². The third-order valence-electron chi connectivity index (χ3n) is 4.90. The fourth-order valence-corrected chi connectivity index (χ4v) is 3.59. The van der Waals surface area contributed by atoms with Gasteiger partial charge in [-0.1, -0.05) is 0 Å². The van der Waals surface area contributed by atoms with Crippen LogP contribution in [0.1, 0.15) is 38.3 Å². The van der Waals surface area contributed by atoms with Crippen LogP contribution in [0.5, 0.6) is 0 Å². The van der Waals surface area contributed by atoms with E-state index >= 15 is 0 Å². The van der Waals surface area contributed by atoms with E-state index in [0.717, 1.165) is 12.3 Å². The summed E-state index contributed by atoms with van der Waals surface area (Å²) in [5.74, 6) is -2.40. The molecule has 1 aliphatic carbocycles. The number of nitrogens with zero attached hydrogens (tertiary/aromatic N) is 2. The molecular weight excluding hydrogens is 397 g/mol. The smallest absolute Gasteiger partial charge is 0.407 e. The topological polar surface area (TPSA) is 57.6 Å². The standard InChI is InChI=1S/C19H22F5N3O2/c1-11(28)26-13-4-6-27(7-5-13)17-9-16(25-10-15(17)21)12-2-3-18(14(20)8-12)29-19(22,23)24/h8-11,13,26,28H,2-7H2,1H3. The normalized spacial score (nSPS) is 20.0. The molecule has 29 heavy (non-hydrogen) atoms. The Kier molecular flexibility index (Phi) is 6.42. The van der Waals surface area contributed by atoms with Crippen LogP contribution < -0.4 is 10.2 Å². The van der Waals surface area contributed by atoms with Crippen molar-refractivity contribution in [3.8, 4) is 0 Å². The molecular formula is C19H22F5N3O2. The van der Waals surface area contributed by atoms with Gasteiger partial charge >= 0.3 is 6.36 Å². The van der Waals surface area contributed by atoms with E-state index in [1.165, 1.54) is 6.07 Å². The molecule has 160 valence electrons. The van der Waals surface area contributed by atoms with Crippen LogP contribution in [0.25, 0.3) is 5.57 Å². The molecule has 1 unspecified atom stereocenters. The monoisotopic (exact) mass is 419 g/mol. The van der Waals surface area contributed by atoms with Gasteiger partial charge in [-0.25, -0.2) is 8.78 Å². The molecule has 3 rings (SSSR count). The lowest BCUT2D eigenvalue weighted by Crippen LogP contribution is -2.45. The van der Waals surface area contributed by atoms with E-state index < -0.39 is 30.0 Å². The van der Waals surface area contributed by atoms with E-state index in [2.05, 4.69) is 15.0 Å². The molecule has 10 heteroatoms. The number of hydrogen-bond acceptors (Lipinski definition) is 5. The quantitative estimate of drug-likeness (QED) is 0.558. The van der Waals surface area contributed by atoms with Crippen molar-refractivity contribution in [2.45, 2.75) is 51.2 Å². The third-order valence-corrected chi connectivity index (χ3v) is 4.90. The van der Waals surface area contributed by atoms with Crippen LogP contribution in [0.4, 0.5) is 27.6 Å². The summed E-state index contributed by atoms with van der Waals surface area (Å²) in [6.07, 6.45) is -2.33. The number of hydrogen-bond donors (Lipinski definition) is 2. The first-order chi connectivity index (χ1) is 13.6. The molecule has 0 amide bonds. The van der Waals surface area contributed by atoms with Gasteiger partial charge in [-0.2, -0.15) is 0 Å². The molecule has 1 aromatic heterocycles. The van der Waals surface area contributed by atoms with Crippen molar-refractivity contribution in [1.82, 2.24) is 10.3 Å². The molecule has 1 aromatic rings. The first-order valence-electron chi connectivity index (χ1n) is 9.32. The summed E-state index contributed by atoms with van der Waals surface area (Å²) in [5, 5.41) is 12.4. The van der Waals surface area contributed by atoms with Gasteiger partial charge in [0.15, 0.2) is 11.6 Å². The van der Waals surface area contributed by atoms with Crippen molar-refractivity contribution in [3.05, 3.63) is 41.4 Å². The maximum Gasteiger partial charge on any atom is 0.572 e. The van der Waals surface area contributed by atoms with Gasteiger partial charge in [0, 0.05) is 25.6 Å². The number of aromatic nitrogens is 1. The van der Waals surface area contributed by atoms with Crippen LogP contribution in [0.15, 0.2) is 29.9 Å². The fourth-order valence-electron chi connectivity index (χ4n) is 3.59. The number of aliphatic hydroxyl groups excluding tert-OH is 1. The first-order valence-corrected chi connectivity index (χ1v) is 9.32. The maximum atomic E-state index is 14.3. The summed E-state index contributed by atoms with van der Waals surface area (Å²) in [7, 11) is 0. The molecule has 0 saturated carbocycles. The molecule has 5 nitrogen and oxygen atoms in total. The van der Waals surface area contributed by atoms with Gasteiger partial charge in [-0.15, -0.1) is 13.2 Å². The highest BCUT2D eigenvalue weighted by molar-refractivity contribution is 5.69. The Balaban J connectivity index is 1.76. The van der Waals surface area contributed by atoms with E-state index in [4.69, 9.17) is 0 Å². The summed E-state index contributed by atoms with van der Waals surface area (Å²) in [6.45, 7) is 2.75. The summed E-state index contributed by atoms with van der Waals surface area (Å²) in [6, 6.07) is 1.62. The summed E-state index contributed by atoms with van der Waals surface area (Å²) in [4.78, 5) is 5.82. The van der Waals surface area contributed by atoms with Gasteiger partial charge in [-0.05, 0) is 43.9 Å². The Hall–Kier alpha value is -2.20. The van der Waals surface area contributed by atoms with Gasteiger partial charge < -0.3 is 14.7 Å². The molecule has 1 atom stereocenters. The second kappa shape index (κ2) is 8.66. The molecule has 2 N–H and O–H groups in total. The molecule has 0 aromatic carbocycles. The molecule has 2 heterocycles. The molecule has 1 saturated heterocycles. The van der Waals surface area contributed by atoms with Crippen molar-refractivity contribution < 1.29 is 31.8 Å². The SMILES string of the molecule is CC(O)NC1CCN(c2cc(C3=CC(F)=C(OC(F)(F)F)CC3)ncc2F)CC1. The van der Waals surface area contributed by atoms with Gasteiger partial charge in [0.05, 0.1) is 17.6 Å². The van der Waals surface area contributed by atoms with Crippen LogP contribution >= 0.6 is 0 Å². The molecule has 1 fully saturated rings. The highest BCUT2D eigenvalue weighted by Crippen LogP contribution is 2.35. The van der Waals surface area contributed by atoms with Crippen LogP contribution in [0.3, 0.4) is 0 Å². The van der Waals surface area contributed by atoms with Crippen molar-refractivity contribution in [3.63, 3.8) is 0 Å². The van der Waals surface area contributed by atoms with E-state index in [1.807, 2.05) is 4.90 Å². The van der Waals surface area contributed by atoms with Crippen LogP contribution in [0, 0.1) is 5.82 Å². The Morgan fingerprint density at radius 2 is 1.93 bits per heavy atom. The van der Waals surface area contributed by atoms with Crippen LogP contribution in [0.2, 0.25) is 0 Å². The lowest BCUT2D eigenvalue weighted by molar-refractivity contribution is -0.307. The number of alkyl halides is 3. The number of rotatable bonds is 5. The van der Waals surface area contributed by atoms with Gasteiger partial charge in [-0.3, -0.25) is 10.3 Å². The number of allylic oxidation sites excluding steroid dienone is 4. The lowest BCUT2D eigenvalue weighted by Gasteiger charge is -2.35. The number of pyridine rings is 1. The average Bonchev–Trinajstić information content (AvgIpc) is 2.63. The molecule has 0 spiro atoms. The molecule has 0 radical (unpaired) electrons.